The lowest BCUT2D eigenvalue weighted by atomic mass is 10.1. The van der Waals surface area contributed by atoms with Gasteiger partial charge in [-0.2, -0.15) is 0 Å². The fourth-order valence-electron chi connectivity index (χ4n) is 3.21. The second-order valence-corrected chi connectivity index (χ2v) is 8.64. The summed E-state index contributed by atoms with van der Waals surface area (Å²) in [6.45, 7) is 5.10. The van der Waals surface area contributed by atoms with Gasteiger partial charge in [-0.25, -0.2) is 0 Å². The van der Waals surface area contributed by atoms with Gasteiger partial charge in [-0.15, -0.1) is 11.8 Å². The van der Waals surface area contributed by atoms with Crippen LogP contribution in [0.25, 0.3) is 0 Å². The lowest BCUT2D eigenvalue weighted by Gasteiger charge is -2.16. The molecular weight excluding hydrogens is 454 g/mol. The monoisotopic (exact) mass is 481 g/mol. The highest BCUT2D eigenvalue weighted by Gasteiger charge is 2.17. The molecule has 2 N–H and O–H groups in total. The quantitative estimate of drug-likeness (QED) is 0.418. The van der Waals surface area contributed by atoms with Crippen molar-refractivity contribution >= 4 is 35.2 Å². The highest BCUT2D eigenvalue weighted by Crippen LogP contribution is 2.20. The van der Waals surface area contributed by atoms with E-state index in [1.54, 1.807) is 24.3 Å². The zero-order valence-corrected chi connectivity index (χ0v) is 20.1. The topological polar surface area (TPSA) is 111 Å². The molecule has 0 bridgehead atoms. The van der Waals surface area contributed by atoms with E-state index in [-0.39, 0.29) is 17.7 Å². The number of nitrogens with one attached hydrogen (secondary N) is 2. The fraction of sp³-hybridized carbons (Fsp3) is 0.280. The molecule has 1 atom stereocenters. The van der Waals surface area contributed by atoms with Gasteiger partial charge in [0.2, 0.25) is 0 Å². The zero-order valence-electron chi connectivity index (χ0n) is 19.3. The molecule has 0 saturated carbocycles. The number of aryl methyl sites for hydroxylation is 2. The third kappa shape index (κ3) is 6.95. The van der Waals surface area contributed by atoms with Crippen LogP contribution in [0.2, 0.25) is 0 Å². The number of para-hydroxylation sites is 1. The number of hydrogen-bond donors (Lipinski definition) is 2. The number of aromatic nitrogens is 1. The van der Waals surface area contributed by atoms with Gasteiger partial charge in [0, 0.05) is 11.3 Å². The molecule has 0 aliphatic heterocycles. The molecule has 0 aliphatic carbocycles. The summed E-state index contributed by atoms with van der Waals surface area (Å²) in [5, 5.41) is 9.46. The van der Waals surface area contributed by atoms with Crippen LogP contribution in [0.15, 0.2) is 59.1 Å². The summed E-state index contributed by atoms with van der Waals surface area (Å²) in [7, 11) is 0. The fourth-order valence-corrected chi connectivity index (χ4v) is 4.18. The molecule has 0 saturated heterocycles. The van der Waals surface area contributed by atoms with Gasteiger partial charge in [0.15, 0.2) is 6.61 Å². The predicted octanol–water partition coefficient (Wildman–Crippen LogP) is 4.20. The number of thioether (sulfide) groups is 1. The van der Waals surface area contributed by atoms with E-state index >= 15 is 0 Å². The molecule has 2 amide bonds. The molecule has 0 aliphatic rings. The maximum atomic E-state index is 12.8. The number of nitrogens with zero attached hydrogens (tertiary/aromatic N) is 1. The van der Waals surface area contributed by atoms with Crippen molar-refractivity contribution in [3.8, 4) is 0 Å². The Labute approximate surface area is 202 Å². The Kier molecular flexibility index (Phi) is 8.86. The van der Waals surface area contributed by atoms with Gasteiger partial charge in [0.1, 0.15) is 5.76 Å². The minimum atomic E-state index is -0.527. The molecule has 9 heteroatoms. The number of amides is 2. The van der Waals surface area contributed by atoms with Gasteiger partial charge in [-0.1, -0.05) is 47.6 Å². The maximum absolute atomic E-state index is 12.8. The summed E-state index contributed by atoms with van der Waals surface area (Å²) in [6, 6.07) is 16.1. The summed E-state index contributed by atoms with van der Waals surface area (Å²) in [5.41, 5.74) is 3.37. The van der Waals surface area contributed by atoms with Gasteiger partial charge in [0.05, 0.1) is 28.7 Å². The minimum absolute atomic E-state index is 0.0910. The third-order valence-corrected chi connectivity index (χ3v) is 6.04. The van der Waals surface area contributed by atoms with Crippen molar-refractivity contribution in [2.24, 2.45) is 0 Å². The Morgan fingerprint density at radius 1 is 1.06 bits per heavy atom. The minimum Gasteiger partial charge on any atom is -0.455 e. The maximum Gasteiger partial charge on any atom is 0.316 e. The predicted molar refractivity (Wildman–Crippen MR) is 130 cm³/mol. The molecule has 178 valence electrons. The van der Waals surface area contributed by atoms with E-state index in [2.05, 4.69) is 15.8 Å². The molecule has 1 aromatic heterocycles. The second kappa shape index (κ2) is 12.0. The highest BCUT2D eigenvalue weighted by molar-refractivity contribution is 7.99. The Morgan fingerprint density at radius 3 is 2.47 bits per heavy atom. The lowest BCUT2D eigenvalue weighted by Crippen LogP contribution is -2.28. The molecule has 2 aromatic carbocycles. The molecule has 3 aromatic rings. The van der Waals surface area contributed by atoms with Gasteiger partial charge >= 0.3 is 5.97 Å². The lowest BCUT2D eigenvalue weighted by molar-refractivity contribution is -0.144. The highest BCUT2D eigenvalue weighted by atomic mass is 32.2. The van der Waals surface area contributed by atoms with E-state index in [0.717, 1.165) is 22.6 Å². The Balaban J connectivity index is 1.48. The zero-order chi connectivity index (χ0) is 24.5. The Bertz CT molecular complexity index is 1130. The molecular formula is C25H27N3O5S. The van der Waals surface area contributed by atoms with Crippen molar-refractivity contribution in [3.63, 3.8) is 0 Å². The van der Waals surface area contributed by atoms with Gasteiger partial charge in [-0.3, -0.25) is 14.4 Å². The van der Waals surface area contributed by atoms with Crippen molar-refractivity contribution in [2.45, 2.75) is 32.6 Å². The Hall–Kier alpha value is -3.59. The van der Waals surface area contributed by atoms with E-state index in [0.29, 0.717) is 17.0 Å². The first-order valence-corrected chi connectivity index (χ1v) is 11.9. The van der Waals surface area contributed by atoms with Crippen LogP contribution >= 0.6 is 11.8 Å². The number of carbonyl (C=O) groups excluding carboxylic acids is 3. The van der Waals surface area contributed by atoms with Crippen molar-refractivity contribution < 1.29 is 23.6 Å². The van der Waals surface area contributed by atoms with Crippen LogP contribution in [0.1, 0.15) is 45.9 Å². The number of ether oxygens (including phenoxy) is 1. The Morgan fingerprint density at radius 2 is 1.76 bits per heavy atom. The van der Waals surface area contributed by atoms with Crippen molar-refractivity contribution in [1.29, 1.82) is 0 Å². The normalized spacial score (nSPS) is 11.5. The molecule has 8 nitrogen and oxygen atoms in total. The van der Waals surface area contributed by atoms with Crippen LogP contribution in [0.3, 0.4) is 0 Å². The molecule has 1 unspecified atom stereocenters. The van der Waals surface area contributed by atoms with Crippen molar-refractivity contribution in [3.05, 3.63) is 82.7 Å². The third-order valence-electron chi connectivity index (χ3n) is 5.10. The number of esters is 1. The summed E-state index contributed by atoms with van der Waals surface area (Å²) < 4.78 is 10.2. The first kappa shape index (κ1) is 25.0. The molecule has 0 radical (unpaired) electrons. The largest absolute Gasteiger partial charge is 0.455 e. The summed E-state index contributed by atoms with van der Waals surface area (Å²) in [6.07, 6.45) is 0. The summed E-state index contributed by atoms with van der Waals surface area (Å²) >= 11 is 1.35. The van der Waals surface area contributed by atoms with Crippen molar-refractivity contribution in [2.75, 3.05) is 17.7 Å². The van der Waals surface area contributed by atoms with Crippen molar-refractivity contribution in [1.82, 2.24) is 10.5 Å². The molecule has 1 heterocycles. The second-order valence-electron chi connectivity index (χ2n) is 7.66. The van der Waals surface area contributed by atoms with Gasteiger partial charge in [-0.05, 0) is 38.5 Å². The van der Waals surface area contributed by atoms with E-state index in [4.69, 9.17) is 9.26 Å². The number of hydrogen-bond acceptors (Lipinski definition) is 7. The first-order chi connectivity index (χ1) is 16.3. The van der Waals surface area contributed by atoms with Crippen LogP contribution in [-0.4, -0.2) is 35.3 Å². The molecule has 0 fully saturated rings. The van der Waals surface area contributed by atoms with E-state index in [1.807, 2.05) is 51.1 Å². The summed E-state index contributed by atoms with van der Waals surface area (Å²) in [5.74, 6) is 0.0219. The van der Waals surface area contributed by atoms with E-state index < -0.39 is 18.5 Å². The average molecular weight is 482 g/mol. The smallest absolute Gasteiger partial charge is 0.316 e. The van der Waals surface area contributed by atoms with Gasteiger partial charge in [0.25, 0.3) is 11.8 Å². The number of rotatable bonds is 10. The van der Waals surface area contributed by atoms with Crippen LogP contribution in [0, 0.1) is 13.8 Å². The molecule has 3 rings (SSSR count). The van der Waals surface area contributed by atoms with Crippen LogP contribution < -0.4 is 10.6 Å². The molecule has 34 heavy (non-hydrogen) atoms. The molecule has 0 spiro atoms. The van der Waals surface area contributed by atoms with Crippen LogP contribution in [-0.2, 0) is 20.1 Å². The number of anilines is 1. The van der Waals surface area contributed by atoms with E-state index in [1.165, 1.54) is 11.8 Å². The SMILES string of the molecule is Cc1noc(C)c1CSCC(=O)OCC(=O)Nc1ccccc1C(=O)NC(C)c1ccccc1. The summed E-state index contributed by atoms with van der Waals surface area (Å²) in [4.78, 5) is 37.1. The first-order valence-electron chi connectivity index (χ1n) is 10.7. The number of benzene rings is 2. The standard InChI is InChI=1S/C25H27N3O5S/c1-16(19-9-5-4-6-10-19)26-25(31)20-11-7-8-12-22(20)27-23(29)13-32-24(30)15-34-14-21-17(2)28-33-18(21)3/h4-12,16H,13-15H2,1-3H3,(H,26,31)(H,27,29). The number of carbonyl (C=O) groups is 3. The van der Waals surface area contributed by atoms with E-state index in [9.17, 15) is 14.4 Å². The van der Waals surface area contributed by atoms with Crippen LogP contribution in [0.4, 0.5) is 5.69 Å². The average Bonchev–Trinajstić information content (AvgIpc) is 3.15. The van der Waals surface area contributed by atoms with Crippen LogP contribution in [0.5, 0.6) is 0 Å². The van der Waals surface area contributed by atoms with Gasteiger partial charge < -0.3 is 19.9 Å².